The van der Waals surface area contributed by atoms with E-state index < -0.39 is 17.6 Å². The van der Waals surface area contributed by atoms with Crippen LogP contribution in [-0.2, 0) is 16.0 Å². The van der Waals surface area contributed by atoms with Gasteiger partial charge in [0.05, 0.1) is 0 Å². The zero-order chi connectivity index (χ0) is 22.0. The van der Waals surface area contributed by atoms with Crippen LogP contribution in [0.2, 0.25) is 5.02 Å². The SMILES string of the molecule is C[C@@](Cc1cccc(Cl)c1)(NC(=O)OCC1c2ccccc2-c2ccccc21)C(=O)O. The number of rotatable bonds is 6. The third kappa shape index (κ3) is 4.28. The lowest BCUT2D eigenvalue weighted by Crippen LogP contribution is -2.54. The molecule has 158 valence electrons. The first-order valence-corrected chi connectivity index (χ1v) is 10.4. The minimum absolute atomic E-state index is 0.0765. The number of alkyl carbamates (subject to hydrolysis) is 1. The molecular formula is C25H22ClNO4. The molecule has 1 aliphatic rings. The molecule has 0 saturated carbocycles. The molecule has 5 nitrogen and oxygen atoms in total. The average molecular weight is 436 g/mol. The second-order valence-corrected chi connectivity index (χ2v) is 8.33. The normalized spacial score (nSPS) is 14.3. The van der Waals surface area contributed by atoms with Crippen LogP contribution in [0.25, 0.3) is 11.1 Å². The van der Waals surface area contributed by atoms with Crippen LogP contribution >= 0.6 is 11.6 Å². The number of carboxylic acid groups (broad SMARTS) is 1. The van der Waals surface area contributed by atoms with E-state index in [1.165, 1.54) is 6.92 Å². The molecule has 1 aliphatic carbocycles. The van der Waals surface area contributed by atoms with Gasteiger partial charge in [-0.1, -0.05) is 72.3 Å². The summed E-state index contributed by atoms with van der Waals surface area (Å²) < 4.78 is 5.51. The van der Waals surface area contributed by atoms with Gasteiger partial charge in [0.25, 0.3) is 0 Å². The quantitative estimate of drug-likeness (QED) is 0.553. The third-order valence-electron chi connectivity index (χ3n) is 5.64. The highest BCUT2D eigenvalue weighted by Crippen LogP contribution is 2.44. The Morgan fingerprint density at radius 3 is 2.19 bits per heavy atom. The summed E-state index contributed by atoms with van der Waals surface area (Å²) in [7, 11) is 0. The molecular weight excluding hydrogens is 414 g/mol. The number of carboxylic acids is 1. The van der Waals surface area contributed by atoms with Gasteiger partial charge >= 0.3 is 12.1 Å². The number of hydrogen-bond acceptors (Lipinski definition) is 3. The number of hydrogen-bond donors (Lipinski definition) is 2. The number of carbonyl (C=O) groups is 2. The predicted molar refractivity (Wildman–Crippen MR) is 119 cm³/mol. The molecule has 0 radical (unpaired) electrons. The molecule has 0 bridgehead atoms. The molecule has 3 aromatic carbocycles. The molecule has 0 heterocycles. The Morgan fingerprint density at radius 1 is 1.00 bits per heavy atom. The van der Waals surface area contributed by atoms with Crippen molar-refractivity contribution in [2.45, 2.75) is 24.8 Å². The minimum atomic E-state index is -1.53. The molecule has 0 aliphatic heterocycles. The Hall–Kier alpha value is -3.31. The molecule has 6 heteroatoms. The fourth-order valence-corrected chi connectivity index (χ4v) is 4.30. The summed E-state index contributed by atoms with van der Waals surface area (Å²) in [6.45, 7) is 1.57. The zero-order valence-corrected chi connectivity index (χ0v) is 17.7. The largest absolute Gasteiger partial charge is 0.480 e. The number of halogens is 1. The lowest BCUT2D eigenvalue weighted by molar-refractivity contribution is -0.143. The Kier molecular flexibility index (Phi) is 5.70. The van der Waals surface area contributed by atoms with Crippen molar-refractivity contribution in [2.24, 2.45) is 0 Å². The van der Waals surface area contributed by atoms with E-state index in [4.69, 9.17) is 16.3 Å². The third-order valence-corrected chi connectivity index (χ3v) is 5.88. The van der Waals surface area contributed by atoms with Gasteiger partial charge in [0, 0.05) is 17.4 Å². The number of ether oxygens (including phenoxy) is 1. The van der Waals surface area contributed by atoms with Crippen molar-refractivity contribution in [3.8, 4) is 11.1 Å². The number of amides is 1. The Balaban J connectivity index is 1.47. The van der Waals surface area contributed by atoms with Gasteiger partial charge in [0.2, 0.25) is 0 Å². The fourth-order valence-electron chi connectivity index (χ4n) is 4.09. The van der Waals surface area contributed by atoms with Crippen LogP contribution in [0.4, 0.5) is 4.79 Å². The standard InChI is InChI=1S/C25H22ClNO4/c1-25(23(28)29,14-16-7-6-8-17(26)13-16)27-24(30)31-15-22-20-11-4-2-9-18(20)19-10-3-5-12-21(19)22/h2-13,22H,14-15H2,1H3,(H,27,30)(H,28,29)/t25-/m0/s1. The maximum Gasteiger partial charge on any atom is 0.408 e. The van der Waals surface area contributed by atoms with Crippen molar-refractivity contribution >= 4 is 23.7 Å². The fraction of sp³-hybridized carbons (Fsp3) is 0.200. The summed E-state index contributed by atoms with van der Waals surface area (Å²) in [5.41, 5.74) is 3.61. The lowest BCUT2D eigenvalue weighted by atomic mass is 9.93. The smallest absolute Gasteiger partial charge is 0.408 e. The first-order valence-electron chi connectivity index (χ1n) is 9.98. The van der Waals surface area contributed by atoms with E-state index >= 15 is 0 Å². The molecule has 2 N–H and O–H groups in total. The summed E-state index contributed by atoms with van der Waals surface area (Å²) >= 11 is 6.00. The van der Waals surface area contributed by atoms with Gasteiger partial charge in [-0.2, -0.15) is 0 Å². The molecule has 4 rings (SSSR count). The lowest BCUT2D eigenvalue weighted by Gasteiger charge is -2.26. The second kappa shape index (κ2) is 8.44. The van der Waals surface area contributed by atoms with Gasteiger partial charge in [-0.15, -0.1) is 0 Å². The molecule has 1 atom stereocenters. The van der Waals surface area contributed by atoms with Gasteiger partial charge in [-0.3, -0.25) is 0 Å². The van der Waals surface area contributed by atoms with Gasteiger partial charge in [0.15, 0.2) is 0 Å². The number of carbonyl (C=O) groups excluding carboxylic acids is 1. The van der Waals surface area contributed by atoms with E-state index in [1.807, 2.05) is 36.4 Å². The van der Waals surface area contributed by atoms with Crippen molar-refractivity contribution in [2.75, 3.05) is 6.61 Å². The molecule has 0 spiro atoms. The molecule has 31 heavy (non-hydrogen) atoms. The van der Waals surface area contributed by atoms with Crippen molar-refractivity contribution in [3.63, 3.8) is 0 Å². The van der Waals surface area contributed by atoms with Crippen LogP contribution in [0.15, 0.2) is 72.8 Å². The second-order valence-electron chi connectivity index (χ2n) is 7.89. The first kappa shape index (κ1) is 20.9. The number of aliphatic carboxylic acids is 1. The van der Waals surface area contributed by atoms with Gasteiger partial charge in [-0.25, -0.2) is 9.59 Å². The maximum absolute atomic E-state index is 12.6. The highest BCUT2D eigenvalue weighted by atomic mass is 35.5. The first-order chi connectivity index (χ1) is 14.9. The minimum Gasteiger partial charge on any atom is -0.480 e. The number of fused-ring (bicyclic) bond motifs is 3. The Bertz CT molecular complexity index is 1100. The van der Waals surface area contributed by atoms with Crippen LogP contribution in [0.5, 0.6) is 0 Å². The van der Waals surface area contributed by atoms with E-state index in [2.05, 4.69) is 17.4 Å². The molecule has 0 saturated heterocycles. The molecule has 0 unspecified atom stereocenters. The Labute approximate surface area is 185 Å². The maximum atomic E-state index is 12.6. The van der Waals surface area contributed by atoms with E-state index in [0.717, 1.165) is 22.3 Å². The van der Waals surface area contributed by atoms with Crippen LogP contribution < -0.4 is 5.32 Å². The molecule has 0 aromatic heterocycles. The van der Waals surface area contributed by atoms with Crippen LogP contribution in [0, 0.1) is 0 Å². The van der Waals surface area contributed by atoms with Crippen molar-refractivity contribution in [3.05, 3.63) is 94.5 Å². The van der Waals surface area contributed by atoms with Crippen molar-refractivity contribution < 1.29 is 19.4 Å². The molecule has 0 fully saturated rings. The monoisotopic (exact) mass is 435 g/mol. The summed E-state index contributed by atoms with van der Waals surface area (Å²) in [4.78, 5) is 24.5. The molecule has 3 aromatic rings. The predicted octanol–water partition coefficient (Wildman–Crippen LogP) is 5.26. The van der Waals surface area contributed by atoms with E-state index in [9.17, 15) is 14.7 Å². The highest BCUT2D eigenvalue weighted by molar-refractivity contribution is 6.30. The van der Waals surface area contributed by atoms with Crippen LogP contribution in [0.1, 0.15) is 29.5 Å². The topological polar surface area (TPSA) is 75.6 Å². The number of benzene rings is 3. The summed E-state index contributed by atoms with van der Waals surface area (Å²) in [5.74, 6) is -1.25. The van der Waals surface area contributed by atoms with Crippen molar-refractivity contribution in [1.29, 1.82) is 0 Å². The zero-order valence-electron chi connectivity index (χ0n) is 17.0. The van der Waals surface area contributed by atoms with Gasteiger partial charge in [0.1, 0.15) is 12.1 Å². The van der Waals surface area contributed by atoms with E-state index in [0.29, 0.717) is 10.6 Å². The van der Waals surface area contributed by atoms with Crippen LogP contribution in [0.3, 0.4) is 0 Å². The van der Waals surface area contributed by atoms with Gasteiger partial charge < -0.3 is 15.2 Å². The summed E-state index contributed by atoms with van der Waals surface area (Å²) in [6, 6.07) is 23.0. The van der Waals surface area contributed by atoms with Crippen molar-refractivity contribution in [1.82, 2.24) is 5.32 Å². The number of nitrogens with one attached hydrogen (secondary N) is 1. The van der Waals surface area contributed by atoms with E-state index in [1.54, 1.807) is 24.3 Å². The molecule has 1 amide bonds. The summed E-state index contributed by atoms with van der Waals surface area (Å²) in [5, 5.41) is 12.8. The van der Waals surface area contributed by atoms with Gasteiger partial charge in [-0.05, 0) is 46.9 Å². The van der Waals surface area contributed by atoms with E-state index in [-0.39, 0.29) is 18.9 Å². The summed E-state index contributed by atoms with van der Waals surface area (Å²) in [6.07, 6.45) is -0.693. The van der Waals surface area contributed by atoms with Crippen LogP contribution in [-0.4, -0.2) is 29.3 Å². The highest BCUT2D eigenvalue weighted by Gasteiger charge is 2.36. The average Bonchev–Trinajstić information content (AvgIpc) is 3.06. The Morgan fingerprint density at radius 2 is 1.61 bits per heavy atom.